The molecule has 3 heteroatoms. The summed E-state index contributed by atoms with van der Waals surface area (Å²) in [6.45, 7) is 7.23. The molecule has 0 bridgehead atoms. The summed E-state index contributed by atoms with van der Waals surface area (Å²) in [4.78, 5) is 0. The van der Waals surface area contributed by atoms with Crippen molar-refractivity contribution in [3.63, 3.8) is 0 Å². The number of aryl methyl sites for hydroxylation is 3. The Morgan fingerprint density at radius 2 is 1.76 bits per heavy atom. The zero-order valence-electron chi connectivity index (χ0n) is 10.9. The Labute approximate surface area is 102 Å². The summed E-state index contributed by atoms with van der Waals surface area (Å²) in [6.07, 6.45) is 0. The number of aromatic nitrogens is 2. The molecule has 2 N–H and O–H groups in total. The Balaban J connectivity index is 2.41. The van der Waals surface area contributed by atoms with Crippen molar-refractivity contribution in [1.29, 1.82) is 0 Å². The van der Waals surface area contributed by atoms with Crippen LogP contribution in [0.5, 0.6) is 0 Å². The van der Waals surface area contributed by atoms with E-state index in [-0.39, 0.29) is 0 Å². The van der Waals surface area contributed by atoms with Gasteiger partial charge in [-0.1, -0.05) is 6.07 Å². The molecule has 0 aliphatic rings. The summed E-state index contributed by atoms with van der Waals surface area (Å²) in [5.74, 6) is 0. The van der Waals surface area contributed by atoms with Crippen molar-refractivity contribution in [2.45, 2.75) is 27.3 Å². The van der Waals surface area contributed by atoms with Crippen molar-refractivity contribution in [3.05, 3.63) is 40.6 Å². The van der Waals surface area contributed by atoms with E-state index in [1.54, 1.807) is 0 Å². The van der Waals surface area contributed by atoms with Gasteiger partial charge in [0, 0.05) is 17.8 Å². The number of H-pyrrole nitrogens is 1. The first-order chi connectivity index (χ1) is 8.11. The molecule has 1 aromatic carbocycles. The van der Waals surface area contributed by atoms with Gasteiger partial charge in [-0.2, -0.15) is 5.10 Å². The number of nitrogens with one attached hydrogen (secondary N) is 2. The highest BCUT2D eigenvalue weighted by Crippen LogP contribution is 2.25. The molecular formula is C14H19N3. The molecule has 3 nitrogen and oxygen atoms in total. The summed E-state index contributed by atoms with van der Waals surface area (Å²) in [7, 11) is 1.93. The maximum Gasteiger partial charge on any atom is 0.0926 e. The second-order valence-corrected chi connectivity index (χ2v) is 4.56. The maximum atomic E-state index is 4.37. The Morgan fingerprint density at radius 1 is 1.06 bits per heavy atom. The average Bonchev–Trinajstić information content (AvgIpc) is 2.72. The molecule has 0 saturated carbocycles. The van der Waals surface area contributed by atoms with Crippen molar-refractivity contribution in [2.24, 2.45) is 0 Å². The molecule has 1 heterocycles. The second kappa shape index (κ2) is 4.72. The van der Waals surface area contributed by atoms with Crippen molar-refractivity contribution in [3.8, 4) is 11.3 Å². The molecule has 0 aliphatic heterocycles. The van der Waals surface area contributed by atoms with Gasteiger partial charge in [0.15, 0.2) is 0 Å². The Hall–Kier alpha value is -1.61. The highest BCUT2D eigenvalue weighted by atomic mass is 15.1. The van der Waals surface area contributed by atoms with Crippen molar-refractivity contribution < 1.29 is 0 Å². The molecule has 0 radical (unpaired) electrons. The minimum absolute atomic E-state index is 0.816. The van der Waals surface area contributed by atoms with Gasteiger partial charge in [0.05, 0.1) is 5.69 Å². The molecule has 2 aromatic rings. The third-order valence-electron chi connectivity index (χ3n) is 3.11. The van der Waals surface area contributed by atoms with Crippen LogP contribution in [0.1, 0.15) is 22.4 Å². The molecule has 17 heavy (non-hydrogen) atoms. The quantitative estimate of drug-likeness (QED) is 0.849. The molecule has 2 rings (SSSR count). The van der Waals surface area contributed by atoms with Gasteiger partial charge < -0.3 is 5.32 Å². The summed E-state index contributed by atoms with van der Waals surface area (Å²) in [5, 5.41) is 10.5. The van der Waals surface area contributed by atoms with Crippen LogP contribution in [0.4, 0.5) is 0 Å². The van der Waals surface area contributed by atoms with Gasteiger partial charge in [-0.3, -0.25) is 5.10 Å². The van der Waals surface area contributed by atoms with Gasteiger partial charge in [0.2, 0.25) is 0 Å². The van der Waals surface area contributed by atoms with Crippen molar-refractivity contribution in [2.75, 3.05) is 7.05 Å². The fraction of sp³-hybridized carbons (Fsp3) is 0.357. The van der Waals surface area contributed by atoms with Crippen LogP contribution in [0.2, 0.25) is 0 Å². The molecular weight excluding hydrogens is 210 g/mol. The molecule has 1 aromatic heterocycles. The van der Waals surface area contributed by atoms with Gasteiger partial charge in [-0.25, -0.2) is 0 Å². The zero-order chi connectivity index (χ0) is 12.4. The molecule has 0 spiro atoms. The van der Waals surface area contributed by atoms with Crippen molar-refractivity contribution in [1.82, 2.24) is 15.5 Å². The van der Waals surface area contributed by atoms with E-state index >= 15 is 0 Å². The molecule has 0 unspecified atom stereocenters. The fourth-order valence-corrected chi connectivity index (χ4v) is 2.02. The van der Waals surface area contributed by atoms with Gasteiger partial charge in [0.25, 0.3) is 0 Å². The van der Waals surface area contributed by atoms with E-state index in [2.05, 4.69) is 54.5 Å². The minimum Gasteiger partial charge on any atom is -0.314 e. The van der Waals surface area contributed by atoms with Crippen molar-refractivity contribution >= 4 is 0 Å². The number of aromatic amines is 1. The van der Waals surface area contributed by atoms with Gasteiger partial charge in [-0.15, -0.1) is 0 Å². The predicted molar refractivity (Wildman–Crippen MR) is 71.0 cm³/mol. The lowest BCUT2D eigenvalue weighted by Gasteiger charge is -2.07. The molecule has 0 amide bonds. The third kappa shape index (κ3) is 2.39. The molecule has 0 atom stereocenters. The lowest BCUT2D eigenvalue weighted by molar-refractivity contribution is 0.784. The highest BCUT2D eigenvalue weighted by molar-refractivity contribution is 5.65. The van der Waals surface area contributed by atoms with Crippen LogP contribution in [0, 0.1) is 20.8 Å². The maximum absolute atomic E-state index is 4.37. The number of rotatable bonds is 3. The molecule has 90 valence electrons. The summed E-state index contributed by atoms with van der Waals surface area (Å²) >= 11 is 0. The predicted octanol–water partition coefficient (Wildman–Crippen LogP) is 2.72. The first-order valence-electron chi connectivity index (χ1n) is 5.89. The third-order valence-corrected chi connectivity index (χ3v) is 3.11. The summed E-state index contributed by atoms with van der Waals surface area (Å²) in [5.41, 5.74) is 7.26. The lowest BCUT2D eigenvalue weighted by atomic mass is 9.99. The molecule has 0 saturated heterocycles. The normalized spacial score (nSPS) is 10.8. The number of hydrogen-bond acceptors (Lipinski definition) is 2. The van der Waals surface area contributed by atoms with E-state index in [0.717, 1.165) is 17.9 Å². The first kappa shape index (κ1) is 11.9. The largest absolute Gasteiger partial charge is 0.314 e. The Bertz CT molecular complexity index is 526. The zero-order valence-corrected chi connectivity index (χ0v) is 10.9. The number of nitrogens with zero attached hydrogens (tertiary/aromatic N) is 1. The van der Waals surface area contributed by atoms with E-state index in [1.165, 1.54) is 22.3 Å². The van der Waals surface area contributed by atoms with Crippen LogP contribution < -0.4 is 5.32 Å². The van der Waals surface area contributed by atoms with Crippen LogP contribution in [-0.4, -0.2) is 17.2 Å². The van der Waals surface area contributed by atoms with Gasteiger partial charge >= 0.3 is 0 Å². The summed E-state index contributed by atoms with van der Waals surface area (Å²) in [6, 6.07) is 6.54. The fourth-order valence-electron chi connectivity index (χ4n) is 2.02. The van der Waals surface area contributed by atoms with Crippen LogP contribution in [0.25, 0.3) is 11.3 Å². The standard InChI is InChI=1S/C14H19N3/c1-9-5-11(3)13(6-10(9)2)14-7-12(8-15-4)16-17-14/h5-7,15H,8H2,1-4H3,(H,16,17). The van der Waals surface area contributed by atoms with Gasteiger partial charge in [-0.05, 0) is 56.6 Å². The second-order valence-electron chi connectivity index (χ2n) is 4.56. The molecule has 0 fully saturated rings. The number of benzene rings is 1. The molecule has 0 aliphatic carbocycles. The lowest BCUT2D eigenvalue weighted by Crippen LogP contribution is -2.04. The average molecular weight is 229 g/mol. The Kier molecular flexibility index (Phi) is 3.29. The monoisotopic (exact) mass is 229 g/mol. The van der Waals surface area contributed by atoms with Crippen LogP contribution in [0.15, 0.2) is 18.2 Å². The number of hydrogen-bond donors (Lipinski definition) is 2. The van der Waals surface area contributed by atoms with Crippen LogP contribution in [-0.2, 0) is 6.54 Å². The Morgan fingerprint density at radius 3 is 2.47 bits per heavy atom. The van der Waals surface area contributed by atoms with Crippen LogP contribution >= 0.6 is 0 Å². The topological polar surface area (TPSA) is 40.7 Å². The minimum atomic E-state index is 0.816. The first-order valence-corrected chi connectivity index (χ1v) is 5.89. The van der Waals surface area contributed by atoms with E-state index < -0.39 is 0 Å². The highest BCUT2D eigenvalue weighted by Gasteiger charge is 2.08. The van der Waals surface area contributed by atoms with Crippen LogP contribution in [0.3, 0.4) is 0 Å². The smallest absolute Gasteiger partial charge is 0.0926 e. The van der Waals surface area contributed by atoms with E-state index in [1.807, 2.05) is 7.05 Å². The van der Waals surface area contributed by atoms with E-state index in [4.69, 9.17) is 0 Å². The van der Waals surface area contributed by atoms with Gasteiger partial charge in [0.1, 0.15) is 0 Å². The summed E-state index contributed by atoms with van der Waals surface area (Å²) < 4.78 is 0. The van der Waals surface area contributed by atoms with E-state index in [0.29, 0.717) is 0 Å². The SMILES string of the molecule is CNCc1cc(-c2cc(C)c(C)cc2C)n[nH]1. The van der Waals surface area contributed by atoms with E-state index in [9.17, 15) is 0 Å².